The van der Waals surface area contributed by atoms with Crippen molar-refractivity contribution in [2.75, 3.05) is 0 Å². The first-order chi connectivity index (χ1) is 8.69. The third-order valence-electron chi connectivity index (χ3n) is 2.69. The first kappa shape index (κ1) is 13.2. The maximum absolute atomic E-state index is 10.1. The summed E-state index contributed by atoms with van der Waals surface area (Å²) >= 11 is 3.31. The van der Waals surface area contributed by atoms with Crippen molar-refractivity contribution >= 4 is 15.9 Å². The number of aromatic nitrogens is 1. The normalized spacial score (nSPS) is 12.4. The molecule has 0 saturated heterocycles. The Kier molecular flexibility index (Phi) is 4.47. The van der Waals surface area contributed by atoms with E-state index < -0.39 is 6.10 Å². The van der Waals surface area contributed by atoms with E-state index in [9.17, 15) is 5.11 Å². The van der Waals surface area contributed by atoms with Gasteiger partial charge in [-0.3, -0.25) is 0 Å². The van der Waals surface area contributed by atoms with Gasteiger partial charge in [-0.2, -0.15) is 0 Å². The van der Waals surface area contributed by atoms with Gasteiger partial charge in [0.1, 0.15) is 4.60 Å². The predicted octanol–water partition coefficient (Wildman–Crippen LogP) is 2.61. The molecule has 0 aliphatic rings. The Bertz CT molecular complexity index is 531. The Morgan fingerprint density at radius 1 is 1.17 bits per heavy atom. The van der Waals surface area contributed by atoms with Gasteiger partial charge in [-0.15, -0.1) is 0 Å². The molecule has 0 aliphatic heterocycles. The zero-order valence-corrected chi connectivity index (χ0v) is 11.3. The van der Waals surface area contributed by atoms with Gasteiger partial charge in [0.15, 0.2) is 0 Å². The second-order valence-corrected chi connectivity index (χ2v) is 4.89. The largest absolute Gasteiger partial charge is 0.392 e. The van der Waals surface area contributed by atoms with E-state index in [2.05, 4.69) is 20.9 Å². The van der Waals surface area contributed by atoms with E-state index in [1.165, 1.54) is 0 Å². The van der Waals surface area contributed by atoms with Crippen LogP contribution in [0.1, 0.15) is 22.9 Å². The third kappa shape index (κ3) is 3.38. The van der Waals surface area contributed by atoms with Crippen LogP contribution in [-0.2, 0) is 13.0 Å². The van der Waals surface area contributed by atoms with Crippen LogP contribution in [0.5, 0.6) is 0 Å². The van der Waals surface area contributed by atoms with Crippen LogP contribution in [0.15, 0.2) is 47.1 Å². The minimum Gasteiger partial charge on any atom is -0.392 e. The first-order valence-electron chi connectivity index (χ1n) is 5.68. The molecule has 94 valence electrons. The van der Waals surface area contributed by atoms with E-state index in [4.69, 9.17) is 5.11 Å². The van der Waals surface area contributed by atoms with E-state index >= 15 is 0 Å². The van der Waals surface area contributed by atoms with Crippen molar-refractivity contribution in [2.24, 2.45) is 0 Å². The molecule has 3 nitrogen and oxygen atoms in total. The number of pyridine rings is 1. The van der Waals surface area contributed by atoms with Crippen LogP contribution in [-0.4, -0.2) is 15.2 Å². The van der Waals surface area contributed by atoms with Gasteiger partial charge in [-0.05, 0) is 39.2 Å². The van der Waals surface area contributed by atoms with Gasteiger partial charge in [0.05, 0.1) is 12.7 Å². The third-order valence-corrected chi connectivity index (χ3v) is 3.14. The molecule has 1 aromatic carbocycles. The molecule has 2 rings (SSSR count). The lowest BCUT2D eigenvalue weighted by Crippen LogP contribution is -2.04. The summed E-state index contributed by atoms with van der Waals surface area (Å²) in [5, 5.41) is 19.2. The van der Waals surface area contributed by atoms with Gasteiger partial charge >= 0.3 is 0 Å². The number of aliphatic hydroxyl groups excluding tert-OH is 2. The highest BCUT2D eigenvalue weighted by Crippen LogP contribution is 2.19. The van der Waals surface area contributed by atoms with Crippen LogP contribution in [0.25, 0.3) is 0 Å². The van der Waals surface area contributed by atoms with Crippen molar-refractivity contribution in [2.45, 2.75) is 19.1 Å². The van der Waals surface area contributed by atoms with E-state index in [0.29, 0.717) is 6.42 Å². The summed E-state index contributed by atoms with van der Waals surface area (Å²) in [5.74, 6) is 0. The Balaban J connectivity index is 2.13. The summed E-state index contributed by atoms with van der Waals surface area (Å²) < 4.78 is 0.760. The molecule has 0 saturated carbocycles. The second-order valence-electron chi connectivity index (χ2n) is 4.07. The van der Waals surface area contributed by atoms with Crippen molar-refractivity contribution in [3.8, 4) is 0 Å². The van der Waals surface area contributed by atoms with Crippen molar-refractivity contribution in [3.63, 3.8) is 0 Å². The molecule has 2 N–H and O–H groups in total. The molecule has 2 aromatic rings. The van der Waals surface area contributed by atoms with E-state index in [1.54, 1.807) is 0 Å². The zero-order valence-electron chi connectivity index (χ0n) is 9.75. The molecule has 1 aromatic heterocycles. The van der Waals surface area contributed by atoms with Gasteiger partial charge in [0.2, 0.25) is 0 Å². The second kappa shape index (κ2) is 6.09. The summed E-state index contributed by atoms with van der Waals surface area (Å²) in [6, 6.07) is 12.9. The minimum absolute atomic E-state index is 0.0182. The van der Waals surface area contributed by atoms with Crippen LogP contribution in [0.3, 0.4) is 0 Å². The highest BCUT2D eigenvalue weighted by molar-refractivity contribution is 9.10. The van der Waals surface area contributed by atoms with Crippen LogP contribution in [0, 0.1) is 0 Å². The maximum atomic E-state index is 10.1. The fourth-order valence-corrected chi connectivity index (χ4v) is 2.16. The molecule has 0 aliphatic carbocycles. The molecule has 1 heterocycles. The van der Waals surface area contributed by atoms with E-state index in [-0.39, 0.29) is 6.61 Å². The van der Waals surface area contributed by atoms with Crippen molar-refractivity contribution in [3.05, 3.63) is 63.9 Å². The first-order valence-corrected chi connectivity index (χ1v) is 6.47. The lowest BCUT2D eigenvalue weighted by molar-refractivity contribution is 0.177. The van der Waals surface area contributed by atoms with Gasteiger partial charge in [0.25, 0.3) is 0 Å². The van der Waals surface area contributed by atoms with E-state index in [1.807, 2.05) is 42.5 Å². The predicted molar refractivity (Wildman–Crippen MR) is 73.0 cm³/mol. The number of hydrogen-bond donors (Lipinski definition) is 2. The lowest BCUT2D eigenvalue weighted by Gasteiger charge is -2.11. The summed E-state index contributed by atoms with van der Waals surface area (Å²) in [5.41, 5.74) is 2.42. The van der Waals surface area contributed by atoms with Crippen LogP contribution >= 0.6 is 15.9 Å². The van der Waals surface area contributed by atoms with Gasteiger partial charge < -0.3 is 10.2 Å². The van der Waals surface area contributed by atoms with E-state index in [0.717, 1.165) is 21.4 Å². The topological polar surface area (TPSA) is 53.4 Å². The number of benzene rings is 1. The Morgan fingerprint density at radius 2 is 1.94 bits per heavy atom. The molecule has 0 fully saturated rings. The highest BCUT2D eigenvalue weighted by Gasteiger charge is 2.10. The number of hydrogen-bond acceptors (Lipinski definition) is 3. The van der Waals surface area contributed by atoms with Crippen LogP contribution in [0.4, 0.5) is 0 Å². The van der Waals surface area contributed by atoms with Gasteiger partial charge in [-0.1, -0.05) is 30.3 Å². The summed E-state index contributed by atoms with van der Waals surface area (Å²) in [6.45, 7) is -0.0182. The Hall–Kier alpha value is -1.23. The van der Waals surface area contributed by atoms with Gasteiger partial charge in [-0.25, -0.2) is 4.98 Å². The maximum Gasteiger partial charge on any atom is 0.106 e. The quantitative estimate of drug-likeness (QED) is 0.854. The average molecular weight is 308 g/mol. The molecule has 1 unspecified atom stereocenters. The van der Waals surface area contributed by atoms with Crippen molar-refractivity contribution in [1.29, 1.82) is 0 Å². The zero-order chi connectivity index (χ0) is 13.0. The molecule has 0 spiro atoms. The molecular weight excluding hydrogens is 294 g/mol. The number of aliphatic hydroxyl groups is 2. The molecule has 4 heteroatoms. The molecule has 0 amide bonds. The van der Waals surface area contributed by atoms with Gasteiger partial charge in [0, 0.05) is 12.1 Å². The van der Waals surface area contributed by atoms with Crippen LogP contribution in [0.2, 0.25) is 0 Å². The minimum atomic E-state index is -0.613. The smallest absolute Gasteiger partial charge is 0.106 e. The molecule has 0 bridgehead atoms. The summed E-state index contributed by atoms with van der Waals surface area (Å²) in [6.07, 6.45) is -0.160. The number of rotatable bonds is 4. The summed E-state index contributed by atoms with van der Waals surface area (Å²) in [7, 11) is 0. The molecule has 18 heavy (non-hydrogen) atoms. The summed E-state index contributed by atoms with van der Waals surface area (Å²) in [4.78, 5) is 4.29. The molecule has 0 radical (unpaired) electrons. The standard InChI is InChI=1S/C14H14BrNO2/c15-14-6-2-5-12(16-14)8-13(18)11-4-1-3-10(7-11)9-17/h1-7,13,17-18H,8-9H2. The average Bonchev–Trinajstić information content (AvgIpc) is 2.39. The SMILES string of the molecule is OCc1cccc(C(O)Cc2cccc(Br)n2)c1. The molecule has 1 atom stereocenters. The van der Waals surface area contributed by atoms with Crippen LogP contribution < -0.4 is 0 Å². The number of nitrogens with zero attached hydrogens (tertiary/aromatic N) is 1. The fourth-order valence-electron chi connectivity index (χ4n) is 1.78. The molecular formula is C14H14BrNO2. The van der Waals surface area contributed by atoms with Crippen molar-refractivity contribution in [1.82, 2.24) is 4.98 Å². The monoisotopic (exact) mass is 307 g/mol. The lowest BCUT2D eigenvalue weighted by atomic mass is 10.0. The Morgan fingerprint density at radius 3 is 2.67 bits per heavy atom. The highest BCUT2D eigenvalue weighted by atomic mass is 79.9. The van der Waals surface area contributed by atoms with Crippen molar-refractivity contribution < 1.29 is 10.2 Å². The number of halogens is 1. The Labute approximate surface area is 114 Å². The fraction of sp³-hybridized carbons (Fsp3) is 0.214.